The van der Waals surface area contributed by atoms with Gasteiger partial charge in [-0.25, -0.2) is 0 Å². The average molecular weight is 392 g/mol. The molecule has 1 fully saturated rings. The van der Waals surface area contributed by atoms with Crippen LogP contribution in [0.4, 0.5) is 0 Å². The highest BCUT2D eigenvalue weighted by Crippen LogP contribution is 2.25. The van der Waals surface area contributed by atoms with E-state index >= 15 is 0 Å². The zero-order valence-corrected chi connectivity index (χ0v) is 16.4. The lowest BCUT2D eigenvalue weighted by Gasteiger charge is -2.32. The molecule has 1 aliphatic heterocycles. The molecule has 0 atom stereocenters. The fourth-order valence-electron chi connectivity index (χ4n) is 3.08. The lowest BCUT2D eigenvalue weighted by atomic mass is 10.1. The molecule has 0 aromatic heterocycles. The average Bonchev–Trinajstić information content (AvgIpc) is 2.65. The summed E-state index contributed by atoms with van der Waals surface area (Å²) in [4.78, 5) is 17.3. The van der Waals surface area contributed by atoms with Crippen LogP contribution in [-0.2, 0) is 13.1 Å². The first-order chi connectivity index (χ1) is 12.5. The predicted octanol–water partition coefficient (Wildman–Crippen LogP) is 3.67. The lowest BCUT2D eigenvalue weighted by Crippen LogP contribution is -2.44. The van der Waals surface area contributed by atoms with E-state index in [4.69, 9.17) is 23.2 Å². The SMILES string of the molecule is CN1CCN(Cc2ccccc2CNC(=O)c2cccc(Cl)c2Cl)CC1. The van der Waals surface area contributed by atoms with E-state index in [9.17, 15) is 4.79 Å². The van der Waals surface area contributed by atoms with Crippen LogP contribution in [0, 0.1) is 0 Å². The summed E-state index contributed by atoms with van der Waals surface area (Å²) in [6, 6.07) is 13.3. The molecule has 0 aliphatic carbocycles. The van der Waals surface area contributed by atoms with Gasteiger partial charge in [0, 0.05) is 39.3 Å². The van der Waals surface area contributed by atoms with Crippen LogP contribution in [0.3, 0.4) is 0 Å². The van der Waals surface area contributed by atoms with Crippen molar-refractivity contribution < 1.29 is 4.79 Å². The Balaban J connectivity index is 1.65. The van der Waals surface area contributed by atoms with Crippen LogP contribution in [0.1, 0.15) is 21.5 Å². The van der Waals surface area contributed by atoms with E-state index in [-0.39, 0.29) is 10.9 Å². The number of piperazine rings is 1. The molecular formula is C20H23Cl2N3O. The third kappa shape index (κ3) is 4.77. The van der Waals surface area contributed by atoms with Crippen molar-refractivity contribution in [3.8, 4) is 0 Å². The molecule has 0 spiro atoms. The molecule has 2 aromatic carbocycles. The number of rotatable bonds is 5. The molecule has 6 heteroatoms. The van der Waals surface area contributed by atoms with Crippen LogP contribution in [0.2, 0.25) is 10.0 Å². The van der Waals surface area contributed by atoms with Crippen molar-refractivity contribution in [1.29, 1.82) is 0 Å². The summed E-state index contributed by atoms with van der Waals surface area (Å²) < 4.78 is 0. The van der Waals surface area contributed by atoms with Crippen LogP contribution in [0.15, 0.2) is 42.5 Å². The van der Waals surface area contributed by atoms with Gasteiger partial charge in [0.25, 0.3) is 5.91 Å². The van der Waals surface area contributed by atoms with Crippen LogP contribution < -0.4 is 5.32 Å². The first-order valence-electron chi connectivity index (χ1n) is 8.74. The number of halogens is 2. The van der Waals surface area contributed by atoms with Crippen LogP contribution in [0.25, 0.3) is 0 Å². The highest BCUT2D eigenvalue weighted by atomic mass is 35.5. The lowest BCUT2D eigenvalue weighted by molar-refractivity contribution is 0.0950. The van der Waals surface area contributed by atoms with Gasteiger partial charge in [0.2, 0.25) is 0 Å². The second kappa shape index (κ2) is 8.87. The number of hydrogen-bond acceptors (Lipinski definition) is 3. The standard InChI is InChI=1S/C20H23Cl2N3O/c1-24-9-11-25(12-10-24)14-16-6-3-2-5-15(16)13-23-20(26)17-7-4-8-18(21)19(17)22/h2-8H,9-14H2,1H3,(H,23,26). The van der Waals surface area contributed by atoms with Gasteiger partial charge in [-0.15, -0.1) is 0 Å². The molecule has 0 bridgehead atoms. The molecule has 0 radical (unpaired) electrons. The van der Waals surface area contributed by atoms with E-state index in [1.54, 1.807) is 18.2 Å². The van der Waals surface area contributed by atoms with Crippen LogP contribution >= 0.6 is 23.2 Å². The first kappa shape index (κ1) is 19.2. The van der Waals surface area contributed by atoms with Crippen LogP contribution in [-0.4, -0.2) is 48.9 Å². The molecule has 1 heterocycles. The molecule has 3 rings (SSSR count). The Morgan fingerprint density at radius 2 is 1.69 bits per heavy atom. The third-order valence-corrected chi connectivity index (χ3v) is 5.56. The van der Waals surface area contributed by atoms with Crippen molar-refractivity contribution in [2.75, 3.05) is 33.2 Å². The quantitative estimate of drug-likeness (QED) is 0.844. The van der Waals surface area contributed by atoms with Gasteiger partial charge in [0.15, 0.2) is 0 Å². The van der Waals surface area contributed by atoms with E-state index in [1.807, 2.05) is 12.1 Å². The smallest absolute Gasteiger partial charge is 0.253 e. The van der Waals surface area contributed by atoms with Gasteiger partial charge in [0.05, 0.1) is 15.6 Å². The Bertz CT molecular complexity index is 773. The van der Waals surface area contributed by atoms with Crippen molar-refractivity contribution in [2.24, 2.45) is 0 Å². The second-order valence-corrected chi connectivity index (χ2v) is 7.42. The van der Waals surface area contributed by atoms with Crippen molar-refractivity contribution >= 4 is 29.1 Å². The summed E-state index contributed by atoms with van der Waals surface area (Å²) in [6.45, 7) is 5.67. The number of nitrogens with one attached hydrogen (secondary N) is 1. The summed E-state index contributed by atoms with van der Waals surface area (Å²) in [5.41, 5.74) is 2.77. The highest BCUT2D eigenvalue weighted by Gasteiger charge is 2.16. The fraction of sp³-hybridized carbons (Fsp3) is 0.350. The Morgan fingerprint density at radius 3 is 2.42 bits per heavy atom. The molecule has 26 heavy (non-hydrogen) atoms. The molecule has 0 saturated carbocycles. The Morgan fingerprint density at radius 1 is 1.00 bits per heavy atom. The minimum Gasteiger partial charge on any atom is -0.348 e. The maximum Gasteiger partial charge on any atom is 0.253 e. The number of carbonyl (C=O) groups excluding carboxylic acids is 1. The van der Waals surface area contributed by atoms with Gasteiger partial charge in [-0.2, -0.15) is 0 Å². The van der Waals surface area contributed by atoms with Crippen molar-refractivity contribution in [3.05, 3.63) is 69.2 Å². The molecule has 1 saturated heterocycles. The predicted molar refractivity (Wildman–Crippen MR) is 107 cm³/mol. The zero-order chi connectivity index (χ0) is 18.5. The topological polar surface area (TPSA) is 35.6 Å². The monoisotopic (exact) mass is 391 g/mol. The van der Waals surface area contributed by atoms with Gasteiger partial charge in [-0.3, -0.25) is 9.69 Å². The Labute approximate surface area is 164 Å². The molecule has 4 nitrogen and oxygen atoms in total. The van der Waals surface area contributed by atoms with E-state index < -0.39 is 0 Å². The number of carbonyl (C=O) groups is 1. The Hall–Kier alpha value is -1.59. The largest absolute Gasteiger partial charge is 0.348 e. The van der Waals surface area contributed by atoms with E-state index in [1.165, 1.54) is 5.56 Å². The van der Waals surface area contributed by atoms with Gasteiger partial charge < -0.3 is 10.2 Å². The number of likely N-dealkylation sites (N-methyl/N-ethyl adjacent to an activating group) is 1. The maximum absolute atomic E-state index is 12.5. The van der Waals surface area contributed by atoms with Gasteiger partial charge in [0.1, 0.15) is 0 Å². The van der Waals surface area contributed by atoms with Crippen molar-refractivity contribution in [3.63, 3.8) is 0 Å². The Kier molecular flexibility index (Phi) is 6.54. The molecule has 2 aromatic rings. The molecule has 1 N–H and O–H groups in total. The minimum atomic E-state index is -0.216. The zero-order valence-electron chi connectivity index (χ0n) is 14.8. The maximum atomic E-state index is 12.5. The second-order valence-electron chi connectivity index (χ2n) is 6.63. The summed E-state index contributed by atoms with van der Waals surface area (Å²) >= 11 is 12.1. The van der Waals surface area contributed by atoms with Gasteiger partial charge in [-0.05, 0) is 30.3 Å². The van der Waals surface area contributed by atoms with E-state index in [2.05, 4.69) is 34.3 Å². The molecule has 1 aliphatic rings. The van der Waals surface area contributed by atoms with Gasteiger partial charge >= 0.3 is 0 Å². The third-order valence-electron chi connectivity index (χ3n) is 4.74. The van der Waals surface area contributed by atoms with Crippen molar-refractivity contribution in [2.45, 2.75) is 13.1 Å². The van der Waals surface area contributed by atoms with Crippen LogP contribution in [0.5, 0.6) is 0 Å². The van der Waals surface area contributed by atoms with E-state index in [0.29, 0.717) is 17.1 Å². The summed E-state index contributed by atoms with van der Waals surface area (Å²) in [7, 11) is 2.15. The molecular weight excluding hydrogens is 369 g/mol. The molecule has 138 valence electrons. The van der Waals surface area contributed by atoms with E-state index in [0.717, 1.165) is 38.3 Å². The number of amides is 1. The van der Waals surface area contributed by atoms with Crippen molar-refractivity contribution in [1.82, 2.24) is 15.1 Å². The highest BCUT2D eigenvalue weighted by molar-refractivity contribution is 6.43. The normalized spacial score (nSPS) is 15.8. The summed E-state index contributed by atoms with van der Waals surface area (Å²) in [5, 5.41) is 3.63. The minimum absolute atomic E-state index is 0.216. The number of hydrogen-bond donors (Lipinski definition) is 1. The number of nitrogens with zero attached hydrogens (tertiary/aromatic N) is 2. The molecule has 1 amide bonds. The summed E-state index contributed by atoms with van der Waals surface area (Å²) in [6.07, 6.45) is 0. The summed E-state index contributed by atoms with van der Waals surface area (Å²) in [5.74, 6) is -0.216. The van der Waals surface area contributed by atoms with Gasteiger partial charge in [-0.1, -0.05) is 53.5 Å². The molecule has 0 unspecified atom stereocenters. The first-order valence-corrected chi connectivity index (χ1v) is 9.50. The number of benzene rings is 2. The fourth-order valence-corrected chi connectivity index (χ4v) is 3.47.